The van der Waals surface area contributed by atoms with Crippen molar-refractivity contribution in [3.05, 3.63) is 51.6 Å². The number of aromatic nitrogens is 3. The lowest BCUT2D eigenvalue weighted by Crippen LogP contribution is -2.51. The van der Waals surface area contributed by atoms with Gasteiger partial charge in [-0.15, -0.1) is 0 Å². The van der Waals surface area contributed by atoms with Crippen LogP contribution in [0.3, 0.4) is 0 Å². The molecule has 3 aromatic rings. The van der Waals surface area contributed by atoms with Crippen LogP contribution in [0, 0.1) is 19.8 Å². The molecule has 35 heavy (non-hydrogen) atoms. The number of rotatable bonds is 6. The minimum Gasteiger partial charge on any atom is -0.361 e. The number of likely N-dealkylation sites (tertiary alicyclic amines) is 1. The number of aryl methyl sites for hydroxylation is 2. The highest BCUT2D eigenvalue weighted by Crippen LogP contribution is 2.26. The summed E-state index contributed by atoms with van der Waals surface area (Å²) in [5.74, 6) is 2.17. The molecule has 0 saturated carbocycles. The monoisotopic (exact) mass is 542 g/mol. The van der Waals surface area contributed by atoms with Gasteiger partial charge in [-0.25, -0.2) is 0 Å². The molecule has 9 nitrogen and oxygen atoms in total. The van der Waals surface area contributed by atoms with E-state index in [0.717, 1.165) is 74.4 Å². The summed E-state index contributed by atoms with van der Waals surface area (Å²) in [4.78, 5) is 24.5. The van der Waals surface area contributed by atoms with Crippen molar-refractivity contribution in [3.63, 3.8) is 0 Å². The Kier molecular flexibility index (Phi) is 7.31. The van der Waals surface area contributed by atoms with Crippen LogP contribution < -0.4 is 0 Å². The summed E-state index contributed by atoms with van der Waals surface area (Å²) < 4.78 is 11.8. The Morgan fingerprint density at radius 2 is 1.69 bits per heavy atom. The summed E-state index contributed by atoms with van der Waals surface area (Å²) in [6.07, 6.45) is 1.73. The maximum Gasteiger partial charge on any atom is 0.263 e. The van der Waals surface area contributed by atoms with Crippen molar-refractivity contribution in [1.82, 2.24) is 30.0 Å². The molecule has 0 aliphatic carbocycles. The summed E-state index contributed by atoms with van der Waals surface area (Å²) in [6, 6.07) is 8.35. The van der Waals surface area contributed by atoms with Gasteiger partial charge >= 0.3 is 0 Å². The average molecular weight is 543 g/mol. The van der Waals surface area contributed by atoms with Gasteiger partial charge in [0.05, 0.1) is 12.2 Å². The molecule has 0 spiro atoms. The fourth-order valence-corrected chi connectivity index (χ4v) is 5.41. The molecule has 0 radical (unpaired) electrons. The first-order chi connectivity index (χ1) is 17.0. The summed E-state index contributed by atoms with van der Waals surface area (Å²) in [6.45, 7) is 10.4. The largest absolute Gasteiger partial charge is 0.361 e. The van der Waals surface area contributed by atoms with E-state index in [-0.39, 0.29) is 5.92 Å². The van der Waals surface area contributed by atoms with E-state index in [9.17, 15) is 4.79 Å². The molecule has 186 valence electrons. The topological polar surface area (TPSA) is 91.7 Å². The van der Waals surface area contributed by atoms with Crippen molar-refractivity contribution >= 4 is 21.8 Å². The van der Waals surface area contributed by atoms with E-state index in [2.05, 4.69) is 64.1 Å². The van der Waals surface area contributed by atoms with E-state index < -0.39 is 0 Å². The molecule has 2 aliphatic rings. The smallest absolute Gasteiger partial charge is 0.263 e. The fraction of sp³-hybridized carbons (Fsp3) is 0.520. The number of piperazine rings is 1. The quantitative estimate of drug-likeness (QED) is 0.466. The summed E-state index contributed by atoms with van der Waals surface area (Å²) in [5.41, 5.74) is 2.80. The summed E-state index contributed by atoms with van der Waals surface area (Å²) >= 11 is 3.64. The Morgan fingerprint density at radius 3 is 2.37 bits per heavy atom. The van der Waals surface area contributed by atoms with Crippen molar-refractivity contribution in [2.75, 3.05) is 39.3 Å². The summed E-state index contributed by atoms with van der Waals surface area (Å²) in [7, 11) is 0. The number of carbonyl (C=O) groups excluding carboxylic acids is 1. The van der Waals surface area contributed by atoms with Crippen LogP contribution >= 0.6 is 15.9 Å². The highest BCUT2D eigenvalue weighted by Gasteiger charge is 2.31. The molecule has 10 heteroatoms. The molecule has 1 aromatic carbocycles. The third-order valence-electron chi connectivity index (χ3n) is 7.05. The van der Waals surface area contributed by atoms with Gasteiger partial charge in [-0.3, -0.25) is 14.6 Å². The zero-order valence-electron chi connectivity index (χ0n) is 20.2. The van der Waals surface area contributed by atoms with Gasteiger partial charge in [0.15, 0.2) is 5.82 Å². The molecule has 5 rings (SSSR count). The van der Waals surface area contributed by atoms with Gasteiger partial charge in [-0.1, -0.05) is 44.4 Å². The molecule has 2 aliphatic heterocycles. The van der Waals surface area contributed by atoms with E-state index >= 15 is 0 Å². The predicted octanol–water partition coefficient (Wildman–Crippen LogP) is 3.66. The van der Waals surface area contributed by atoms with Crippen molar-refractivity contribution in [2.24, 2.45) is 5.92 Å². The first-order valence-corrected chi connectivity index (χ1v) is 13.0. The van der Waals surface area contributed by atoms with Crippen LogP contribution in [0.5, 0.6) is 0 Å². The maximum atomic E-state index is 13.2. The van der Waals surface area contributed by atoms with E-state index in [1.54, 1.807) is 0 Å². The van der Waals surface area contributed by atoms with Crippen LogP contribution in [-0.2, 0) is 17.9 Å². The van der Waals surface area contributed by atoms with Crippen LogP contribution in [0.2, 0.25) is 0 Å². The van der Waals surface area contributed by atoms with Gasteiger partial charge in [-0.2, -0.15) is 4.98 Å². The molecule has 0 unspecified atom stereocenters. The molecule has 2 saturated heterocycles. The Labute approximate surface area is 213 Å². The number of amides is 1. The normalized spacial score (nSPS) is 18.3. The van der Waals surface area contributed by atoms with Gasteiger partial charge in [0.1, 0.15) is 11.3 Å². The molecule has 0 atom stereocenters. The molecule has 4 heterocycles. The highest BCUT2D eigenvalue weighted by molar-refractivity contribution is 9.10. The molecule has 1 amide bonds. The second kappa shape index (κ2) is 10.6. The first kappa shape index (κ1) is 24.1. The van der Waals surface area contributed by atoms with E-state index in [4.69, 9.17) is 9.05 Å². The van der Waals surface area contributed by atoms with Crippen LogP contribution in [0.4, 0.5) is 0 Å². The minimum absolute atomic E-state index is 0.101. The molecule has 2 fully saturated rings. The first-order valence-electron chi connectivity index (χ1n) is 12.2. The standard InChI is InChI=1S/C25H31BrN6O3/c1-17-23(18(2)34-28-17)24-27-22(29-35-24)16-30-9-7-19(8-10-30)25(33)32-13-11-31(12-14-32)15-20-5-3-4-6-21(20)26/h3-6,19H,7-16H2,1-2H3. The van der Waals surface area contributed by atoms with Gasteiger partial charge in [0.25, 0.3) is 5.89 Å². The lowest BCUT2D eigenvalue weighted by atomic mass is 9.95. The average Bonchev–Trinajstić information content (AvgIpc) is 3.46. The number of nitrogens with zero attached hydrogens (tertiary/aromatic N) is 6. The Hall–Kier alpha value is -2.56. The minimum atomic E-state index is 0.101. The molecular formula is C25H31BrN6O3. The van der Waals surface area contributed by atoms with Gasteiger partial charge in [-0.05, 0) is 51.4 Å². The van der Waals surface area contributed by atoms with E-state index in [1.807, 2.05) is 19.9 Å². The second-order valence-electron chi connectivity index (χ2n) is 9.46. The zero-order valence-corrected chi connectivity index (χ0v) is 21.8. The number of carbonyl (C=O) groups is 1. The fourth-order valence-electron chi connectivity index (χ4n) is 5.00. The maximum absolute atomic E-state index is 13.2. The molecule has 2 aromatic heterocycles. The van der Waals surface area contributed by atoms with Crippen LogP contribution in [0.25, 0.3) is 11.5 Å². The Bertz CT molecular complexity index is 1140. The molecule has 0 bridgehead atoms. The third-order valence-corrected chi connectivity index (χ3v) is 7.83. The van der Waals surface area contributed by atoms with Gasteiger partial charge in [0, 0.05) is 43.1 Å². The lowest BCUT2D eigenvalue weighted by molar-refractivity contribution is -0.139. The molecule has 0 N–H and O–H groups in total. The number of benzene rings is 1. The zero-order chi connectivity index (χ0) is 24.4. The highest BCUT2D eigenvalue weighted by atomic mass is 79.9. The van der Waals surface area contributed by atoms with E-state index in [0.29, 0.717) is 29.9 Å². The van der Waals surface area contributed by atoms with Crippen molar-refractivity contribution in [1.29, 1.82) is 0 Å². The Balaban J connectivity index is 1.08. The second-order valence-corrected chi connectivity index (χ2v) is 10.3. The van der Waals surface area contributed by atoms with Crippen molar-refractivity contribution < 1.29 is 13.8 Å². The SMILES string of the molecule is Cc1noc(C)c1-c1nc(CN2CCC(C(=O)N3CCN(Cc4ccccc4Br)CC3)CC2)no1. The number of hydrogen-bond donors (Lipinski definition) is 0. The number of piperidine rings is 1. The van der Waals surface area contributed by atoms with Crippen LogP contribution in [-0.4, -0.2) is 75.2 Å². The van der Waals surface area contributed by atoms with Gasteiger partial charge < -0.3 is 13.9 Å². The van der Waals surface area contributed by atoms with Crippen molar-refractivity contribution in [2.45, 2.75) is 39.8 Å². The lowest BCUT2D eigenvalue weighted by Gasteiger charge is -2.38. The third kappa shape index (κ3) is 5.49. The molecular weight excluding hydrogens is 512 g/mol. The Morgan fingerprint density at radius 1 is 0.971 bits per heavy atom. The number of hydrogen-bond acceptors (Lipinski definition) is 8. The number of halogens is 1. The predicted molar refractivity (Wildman–Crippen MR) is 133 cm³/mol. The van der Waals surface area contributed by atoms with Gasteiger partial charge in [0.2, 0.25) is 5.91 Å². The van der Waals surface area contributed by atoms with Crippen LogP contribution in [0.1, 0.15) is 35.7 Å². The van der Waals surface area contributed by atoms with E-state index in [1.165, 1.54) is 5.56 Å². The van der Waals surface area contributed by atoms with Crippen LogP contribution in [0.15, 0.2) is 37.8 Å². The summed E-state index contributed by atoms with van der Waals surface area (Å²) in [5, 5.41) is 8.09. The van der Waals surface area contributed by atoms with Crippen molar-refractivity contribution in [3.8, 4) is 11.5 Å².